The van der Waals surface area contributed by atoms with Crippen LogP contribution in [0.3, 0.4) is 0 Å². The summed E-state index contributed by atoms with van der Waals surface area (Å²) in [6, 6.07) is 10.2. The molecule has 1 aliphatic carbocycles. The first-order chi connectivity index (χ1) is 8.27. The number of rotatable bonds is 1. The highest BCUT2D eigenvalue weighted by Gasteiger charge is 2.19. The van der Waals surface area contributed by atoms with E-state index in [9.17, 15) is 4.79 Å². The molecule has 0 bridgehead atoms. The van der Waals surface area contributed by atoms with Crippen molar-refractivity contribution in [3.63, 3.8) is 0 Å². The standard InChI is InChI=1S/C15H15NO/c1-10-14(11-6-3-2-4-7-11)12-8-5-9-13(12)16-15(10)17/h2-4,6-7H,5,8-9H2,1H3,(H,16,17). The van der Waals surface area contributed by atoms with Crippen molar-refractivity contribution in [3.8, 4) is 11.1 Å². The van der Waals surface area contributed by atoms with Gasteiger partial charge in [-0.05, 0) is 42.9 Å². The smallest absolute Gasteiger partial charge is 0.251 e. The highest BCUT2D eigenvalue weighted by Crippen LogP contribution is 2.31. The van der Waals surface area contributed by atoms with Gasteiger partial charge in [-0.1, -0.05) is 30.3 Å². The molecule has 0 amide bonds. The van der Waals surface area contributed by atoms with Gasteiger partial charge in [-0.2, -0.15) is 0 Å². The molecule has 0 spiro atoms. The molecule has 0 radical (unpaired) electrons. The molecule has 1 aromatic heterocycles. The van der Waals surface area contributed by atoms with Gasteiger partial charge in [0.15, 0.2) is 0 Å². The van der Waals surface area contributed by atoms with E-state index in [1.54, 1.807) is 0 Å². The maximum absolute atomic E-state index is 11.9. The molecule has 2 aromatic rings. The third kappa shape index (κ3) is 1.60. The van der Waals surface area contributed by atoms with Crippen LogP contribution >= 0.6 is 0 Å². The zero-order valence-corrected chi connectivity index (χ0v) is 9.92. The predicted octanol–water partition coefficient (Wildman–Crippen LogP) is 2.84. The first-order valence-corrected chi connectivity index (χ1v) is 6.07. The molecule has 0 fully saturated rings. The Kier molecular flexibility index (Phi) is 2.36. The van der Waals surface area contributed by atoms with Crippen molar-refractivity contribution < 1.29 is 0 Å². The number of aromatic nitrogens is 1. The lowest BCUT2D eigenvalue weighted by Crippen LogP contribution is -2.14. The van der Waals surface area contributed by atoms with Crippen LogP contribution < -0.4 is 5.56 Å². The SMILES string of the molecule is Cc1c(-c2ccccc2)c2c([nH]c1=O)CCC2. The molecule has 3 rings (SSSR count). The quantitative estimate of drug-likeness (QED) is 0.795. The summed E-state index contributed by atoms with van der Waals surface area (Å²) in [5.74, 6) is 0. The number of aryl methyl sites for hydroxylation is 1. The second kappa shape index (κ2) is 3.88. The summed E-state index contributed by atoms with van der Waals surface area (Å²) < 4.78 is 0. The van der Waals surface area contributed by atoms with Crippen molar-refractivity contribution >= 4 is 0 Å². The fourth-order valence-corrected chi connectivity index (χ4v) is 2.72. The van der Waals surface area contributed by atoms with Crippen LogP contribution in [0.1, 0.15) is 23.2 Å². The lowest BCUT2D eigenvalue weighted by molar-refractivity contribution is 0.897. The molecule has 1 heterocycles. The molecule has 2 heteroatoms. The van der Waals surface area contributed by atoms with Crippen LogP contribution in [0.15, 0.2) is 35.1 Å². The Labute approximate surface area is 100 Å². The molecule has 0 saturated heterocycles. The minimum Gasteiger partial charge on any atom is -0.326 e. The number of hydrogen-bond donors (Lipinski definition) is 1. The molecule has 0 atom stereocenters. The molecule has 17 heavy (non-hydrogen) atoms. The van der Waals surface area contributed by atoms with E-state index in [1.807, 2.05) is 25.1 Å². The van der Waals surface area contributed by atoms with Crippen LogP contribution in [0, 0.1) is 6.92 Å². The number of hydrogen-bond acceptors (Lipinski definition) is 1. The first-order valence-electron chi connectivity index (χ1n) is 6.07. The number of fused-ring (bicyclic) bond motifs is 1. The maximum atomic E-state index is 11.9. The number of H-pyrrole nitrogens is 1. The summed E-state index contributed by atoms with van der Waals surface area (Å²) in [6.07, 6.45) is 3.23. The minimum absolute atomic E-state index is 0.0597. The average Bonchev–Trinajstić information content (AvgIpc) is 2.79. The van der Waals surface area contributed by atoms with Gasteiger partial charge in [0, 0.05) is 11.3 Å². The van der Waals surface area contributed by atoms with Gasteiger partial charge in [-0.25, -0.2) is 0 Å². The summed E-state index contributed by atoms with van der Waals surface area (Å²) >= 11 is 0. The van der Waals surface area contributed by atoms with E-state index in [4.69, 9.17) is 0 Å². The average molecular weight is 225 g/mol. The Morgan fingerprint density at radius 3 is 2.65 bits per heavy atom. The van der Waals surface area contributed by atoms with Crippen molar-refractivity contribution in [1.29, 1.82) is 0 Å². The Balaban J connectivity index is 2.33. The van der Waals surface area contributed by atoms with Crippen molar-refractivity contribution in [2.24, 2.45) is 0 Å². The van der Waals surface area contributed by atoms with E-state index < -0.39 is 0 Å². The first kappa shape index (κ1) is 10.3. The van der Waals surface area contributed by atoms with E-state index in [1.165, 1.54) is 5.56 Å². The summed E-state index contributed by atoms with van der Waals surface area (Å²) in [7, 11) is 0. The van der Waals surface area contributed by atoms with Crippen molar-refractivity contribution in [3.05, 3.63) is 57.5 Å². The molecule has 0 aliphatic heterocycles. The zero-order chi connectivity index (χ0) is 11.8. The maximum Gasteiger partial charge on any atom is 0.251 e. The van der Waals surface area contributed by atoms with Crippen molar-refractivity contribution in [1.82, 2.24) is 4.98 Å². The molecule has 2 nitrogen and oxygen atoms in total. The van der Waals surface area contributed by atoms with E-state index >= 15 is 0 Å². The summed E-state index contributed by atoms with van der Waals surface area (Å²) in [4.78, 5) is 14.9. The van der Waals surface area contributed by atoms with Crippen molar-refractivity contribution in [2.75, 3.05) is 0 Å². The highest BCUT2D eigenvalue weighted by molar-refractivity contribution is 5.71. The minimum atomic E-state index is 0.0597. The highest BCUT2D eigenvalue weighted by atomic mass is 16.1. The molecule has 1 N–H and O–H groups in total. The van der Waals surface area contributed by atoms with Gasteiger partial charge >= 0.3 is 0 Å². The number of aromatic amines is 1. The fraction of sp³-hybridized carbons (Fsp3) is 0.267. The van der Waals surface area contributed by atoms with Crippen LogP contribution in [-0.4, -0.2) is 4.98 Å². The molecular formula is C15H15NO. The topological polar surface area (TPSA) is 32.9 Å². The van der Waals surface area contributed by atoms with Gasteiger partial charge in [0.1, 0.15) is 0 Å². The van der Waals surface area contributed by atoms with Gasteiger partial charge in [0.25, 0.3) is 5.56 Å². The normalized spacial score (nSPS) is 13.7. The molecule has 1 aliphatic rings. The van der Waals surface area contributed by atoms with Crippen LogP contribution in [0.25, 0.3) is 11.1 Å². The number of benzene rings is 1. The monoisotopic (exact) mass is 225 g/mol. The number of nitrogens with one attached hydrogen (secondary N) is 1. The lowest BCUT2D eigenvalue weighted by Gasteiger charge is -2.11. The summed E-state index contributed by atoms with van der Waals surface area (Å²) in [5.41, 5.74) is 5.70. The predicted molar refractivity (Wildman–Crippen MR) is 69.3 cm³/mol. The molecule has 1 aromatic carbocycles. The number of pyridine rings is 1. The van der Waals surface area contributed by atoms with Gasteiger partial charge < -0.3 is 4.98 Å². The van der Waals surface area contributed by atoms with Crippen LogP contribution in [-0.2, 0) is 12.8 Å². The van der Waals surface area contributed by atoms with Gasteiger partial charge in [-0.3, -0.25) is 4.79 Å². The lowest BCUT2D eigenvalue weighted by atomic mass is 9.96. The third-order valence-corrected chi connectivity index (χ3v) is 3.56. The Bertz CT molecular complexity index is 611. The van der Waals surface area contributed by atoms with Gasteiger partial charge in [0.05, 0.1) is 0 Å². The van der Waals surface area contributed by atoms with E-state index in [-0.39, 0.29) is 5.56 Å². The van der Waals surface area contributed by atoms with E-state index in [2.05, 4.69) is 17.1 Å². The van der Waals surface area contributed by atoms with E-state index in [0.29, 0.717) is 0 Å². The second-order valence-corrected chi connectivity index (χ2v) is 4.63. The largest absolute Gasteiger partial charge is 0.326 e. The van der Waals surface area contributed by atoms with Crippen LogP contribution in [0.5, 0.6) is 0 Å². The van der Waals surface area contributed by atoms with E-state index in [0.717, 1.165) is 41.6 Å². The molecule has 0 saturated carbocycles. The van der Waals surface area contributed by atoms with Crippen molar-refractivity contribution in [2.45, 2.75) is 26.2 Å². The molecule has 0 unspecified atom stereocenters. The Morgan fingerprint density at radius 2 is 1.88 bits per heavy atom. The fourth-order valence-electron chi connectivity index (χ4n) is 2.72. The zero-order valence-electron chi connectivity index (χ0n) is 9.92. The summed E-state index contributed by atoms with van der Waals surface area (Å²) in [5, 5.41) is 0. The molecule has 86 valence electrons. The van der Waals surface area contributed by atoms with Crippen LogP contribution in [0.4, 0.5) is 0 Å². The second-order valence-electron chi connectivity index (χ2n) is 4.63. The van der Waals surface area contributed by atoms with Gasteiger partial charge in [-0.15, -0.1) is 0 Å². The Hall–Kier alpha value is -1.83. The van der Waals surface area contributed by atoms with Crippen LogP contribution in [0.2, 0.25) is 0 Å². The Morgan fingerprint density at radius 1 is 1.12 bits per heavy atom. The molecular weight excluding hydrogens is 210 g/mol. The summed E-state index contributed by atoms with van der Waals surface area (Å²) in [6.45, 7) is 1.92. The third-order valence-electron chi connectivity index (χ3n) is 3.56. The van der Waals surface area contributed by atoms with Gasteiger partial charge in [0.2, 0.25) is 0 Å².